The first-order valence-corrected chi connectivity index (χ1v) is 8.02. The molecule has 4 rings (SSSR count). The molecule has 0 N–H and O–H groups in total. The highest BCUT2D eigenvalue weighted by atomic mass is 19.1. The largest absolute Gasteiger partial charge is 0.252 e. The van der Waals surface area contributed by atoms with Gasteiger partial charge in [0.1, 0.15) is 5.82 Å². The first kappa shape index (κ1) is 14.6. The van der Waals surface area contributed by atoms with Crippen LogP contribution >= 0.6 is 0 Å². The molecule has 1 heterocycles. The number of aromatic nitrogens is 1. The first-order valence-electron chi connectivity index (χ1n) is 8.02. The molecule has 0 atom stereocenters. The third kappa shape index (κ3) is 2.57. The summed E-state index contributed by atoms with van der Waals surface area (Å²) in [5.74, 6) is 0.195. The lowest BCUT2D eigenvalue weighted by Gasteiger charge is -2.15. The number of benzene rings is 2. The smallest absolute Gasteiger partial charge is 0.123 e. The van der Waals surface area contributed by atoms with Crippen LogP contribution in [0.3, 0.4) is 0 Å². The van der Waals surface area contributed by atoms with Gasteiger partial charge in [0.25, 0.3) is 0 Å². The molecule has 0 amide bonds. The van der Waals surface area contributed by atoms with E-state index in [1.54, 1.807) is 12.1 Å². The molecular weight excluding hydrogens is 299 g/mol. The minimum Gasteiger partial charge on any atom is -0.252 e. The summed E-state index contributed by atoms with van der Waals surface area (Å²) in [4.78, 5) is 4.86. The molecule has 1 saturated carbocycles. The lowest BCUT2D eigenvalue weighted by molar-refractivity contribution is 0.628. The van der Waals surface area contributed by atoms with Crippen LogP contribution in [-0.2, 0) is 0 Å². The number of hydrogen-bond acceptors (Lipinski definition) is 2. The number of hydrogen-bond donors (Lipinski definition) is 0. The van der Waals surface area contributed by atoms with Crippen molar-refractivity contribution in [1.82, 2.24) is 4.98 Å². The lowest BCUT2D eigenvalue weighted by Crippen LogP contribution is -1.98. The van der Waals surface area contributed by atoms with Crippen molar-refractivity contribution in [1.29, 1.82) is 5.26 Å². The summed E-state index contributed by atoms with van der Waals surface area (Å²) in [6.07, 6.45) is 5.58. The Kier molecular flexibility index (Phi) is 3.59. The van der Waals surface area contributed by atoms with E-state index in [9.17, 15) is 4.39 Å². The highest BCUT2D eigenvalue weighted by molar-refractivity contribution is 5.99. The molecule has 0 saturated heterocycles. The Balaban J connectivity index is 2.08. The van der Waals surface area contributed by atoms with Crippen LogP contribution < -0.4 is 0 Å². The second-order valence-electron chi connectivity index (χ2n) is 6.05. The van der Waals surface area contributed by atoms with Gasteiger partial charge in [-0.3, -0.25) is 4.98 Å². The highest BCUT2D eigenvalue weighted by Crippen LogP contribution is 2.45. The molecule has 0 spiro atoms. The minimum absolute atomic E-state index is 0.256. The van der Waals surface area contributed by atoms with E-state index in [-0.39, 0.29) is 5.82 Å². The van der Waals surface area contributed by atoms with Crippen LogP contribution in [0.2, 0.25) is 0 Å². The number of fused-ring (bicyclic) bond motifs is 1. The van der Waals surface area contributed by atoms with Crippen LogP contribution in [0.5, 0.6) is 0 Å². The number of rotatable bonds is 3. The van der Waals surface area contributed by atoms with E-state index in [1.165, 1.54) is 18.2 Å². The Bertz CT molecular complexity index is 977. The zero-order valence-corrected chi connectivity index (χ0v) is 13.0. The van der Waals surface area contributed by atoms with E-state index in [2.05, 4.69) is 6.07 Å². The maximum Gasteiger partial charge on any atom is 0.123 e. The zero-order chi connectivity index (χ0) is 16.5. The Morgan fingerprint density at radius 3 is 2.54 bits per heavy atom. The molecule has 0 bridgehead atoms. The van der Waals surface area contributed by atoms with Crippen molar-refractivity contribution in [3.05, 3.63) is 71.7 Å². The predicted octanol–water partition coefficient (Wildman–Crippen LogP) is 5.46. The van der Waals surface area contributed by atoms with Crippen molar-refractivity contribution in [3.8, 4) is 17.2 Å². The van der Waals surface area contributed by atoms with E-state index in [1.807, 2.05) is 30.3 Å². The van der Waals surface area contributed by atoms with Crippen LogP contribution in [0.15, 0.2) is 54.6 Å². The summed E-state index contributed by atoms with van der Waals surface area (Å²) in [6, 6.07) is 16.6. The van der Waals surface area contributed by atoms with Crippen LogP contribution in [0.1, 0.15) is 30.0 Å². The van der Waals surface area contributed by atoms with Crippen molar-refractivity contribution in [2.75, 3.05) is 0 Å². The number of pyridine rings is 1. The average molecular weight is 314 g/mol. The van der Waals surface area contributed by atoms with Crippen molar-refractivity contribution < 1.29 is 4.39 Å². The van der Waals surface area contributed by atoms with E-state index in [4.69, 9.17) is 10.2 Å². The second kappa shape index (κ2) is 5.90. The van der Waals surface area contributed by atoms with E-state index in [0.717, 1.165) is 46.1 Å². The molecule has 2 nitrogen and oxygen atoms in total. The van der Waals surface area contributed by atoms with Crippen molar-refractivity contribution in [3.63, 3.8) is 0 Å². The molecule has 24 heavy (non-hydrogen) atoms. The van der Waals surface area contributed by atoms with Gasteiger partial charge in [0, 0.05) is 28.5 Å². The fourth-order valence-electron chi connectivity index (χ4n) is 3.13. The third-order valence-electron chi connectivity index (χ3n) is 4.38. The molecule has 1 aromatic heterocycles. The second-order valence-corrected chi connectivity index (χ2v) is 6.05. The quantitative estimate of drug-likeness (QED) is 0.602. The summed E-state index contributed by atoms with van der Waals surface area (Å²) in [5, 5.41) is 10.00. The molecule has 0 aliphatic heterocycles. The van der Waals surface area contributed by atoms with Gasteiger partial charge in [-0.05, 0) is 42.7 Å². The normalized spacial score (nSPS) is 14.2. The molecule has 0 radical (unpaired) electrons. The maximum absolute atomic E-state index is 13.4. The molecule has 1 aliphatic rings. The Labute approximate surface area is 139 Å². The van der Waals surface area contributed by atoms with Gasteiger partial charge in [-0.2, -0.15) is 5.26 Å². The minimum atomic E-state index is -0.256. The summed E-state index contributed by atoms with van der Waals surface area (Å²) < 4.78 is 13.4. The summed E-state index contributed by atoms with van der Waals surface area (Å²) in [6.45, 7) is 0. The van der Waals surface area contributed by atoms with Gasteiger partial charge in [0.05, 0.1) is 17.3 Å². The Hall–Kier alpha value is -2.99. The SMILES string of the molecule is N#C/C=C\c1c(C2CC2)nc2ccccc2c1-c1ccc(F)cc1. The van der Waals surface area contributed by atoms with E-state index in [0.29, 0.717) is 5.92 Å². The summed E-state index contributed by atoms with van der Waals surface area (Å²) in [7, 11) is 0. The Morgan fingerprint density at radius 2 is 1.83 bits per heavy atom. The molecule has 0 unspecified atom stereocenters. The molecule has 2 aromatic carbocycles. The van der Waals surface area contributed by atoms with Gasteiger partial charge >= 0.3 is 0 Å². The molecule has 1 fully saturated rings. The maximum atomic E-state index is 13.4. The first-order chi connectivity index (χ1) is 11.8. The number of para-hydroxylation sites is 1. The summed E-state index contributed by atoms with van der Waals surface area (Å²) in [5.41, 5.74) is 4.92. The van der Waals surface area contributed by atoms with Gasteiger partial charge in [0.2, 0.25) is 0 Å². The predicted molar refractivity (Wildman–Crippen MR) is 93.8 cm³/mol. The molecule has 3 heteroatoms. The van der Waals surface area contributed by atoms with E-state index < -0.39 is 0 Å². The van der Waals surface area contributed by atoms with Gasteiger partial charge in [-0.25, -0.2) is 4.39 Å². The molecule has 3 aromatic rings. The van der Waals surface area contributed by atoms with Crippen LogP contribution in [0, 0.1) is 17.1 Å². The molecule has 116 valence electrons. The zero-order valence-electron chi connectivity index (χ0n) is 13.0. The third-order valence-corrected chi connectivity index (χ3v) is 4.38. The number of nitrogens with zero attached hydrogens (tertiary/aromatic N) is 2. The topological polar surface area (TPSA) is 36.7 Å². The van der Waals surface area contributed by atoms with Crippen LogP contribution in [0.4, 0.5) is 4.39 Å². The standard InChI is InChI=1S/C21H15FN2/c22-16-11-9-14(10-12-16)20-17-4-1-2-6-19(17)24-21(15-7-8-15)18(20)5-3-13-23/h1-6,9-12,15H,7-8H2/b5-3-. The van der Waals surface area contributed by atoms with Gasteiger partial charge < -0.3 is 0 Å². The Morgan fingerprint density at radius 1 is 1.08 bits per heavy atom. The monoisotopic (exact) mass is 314 g/mol. The van der Waals surface area contributed by atoms with Gasteiger partial charge in [0.15, 0.2) is 0 Å². The fraction of sp³-hybridized carbons (Fsp3) is 0.143. The molecule has 1 aliphatic carbocycles. The summed E-state index contributed by atoms with van der Waals surface area (Å²) >= 11 is 0. The van der Waals surface area contributed by atoms with Gasteiger partial charge in [-0.1, -0.05) is 30.3 Å². The van der Waals surface area contributed by atoms with Crippen molar-refractivity contribution in [2.45, 2.75) is 18.8 Å². The van der Waals surface area contributed by atoms with Crippen LogP contribution in [-0.4, -0.2) is 4.98 Å². The highest BCUT2D eigenvalue weighted by Gasteiger charge is 2.29. The van der Waals surface area contributed by atoms with Crippen molar-refractivity contribution in [2.24, 2.45) is 0 Å². The number of allylic oxidation sites excluding steroid dienone is 1. The average Bonchev–Trinajstić information content (AvgIpc) is 3.44. The van der Waals surface area contributed by atoms with Crippen molar-refractivity contribution >= 4 is 17.0 Å². The molecular formula is C21H15FN2. The fourth-order valence-corrected chi connectivity index (χ4v) is 3.13. The van der Waals surface area contributed by atoms with Crippen LogP contribution in [0.25, 0.3) is 28.1 Å². The van der Waals surface area contributed by atoms with E-state index >= 15 is 0 Å². The number of nitriles is 1. The van der Waals surface area contributed by atoms with Gasteiger partial charge in [-0.15, -0.1) is 0 Å². The number of halogens is 1. The lowest BCUT2D eigenvalue weighted by atomic mass is 9.92.